The number of hydrogen-bond donors (Lipinski definition) is 2. The molecule has 0 bridgehead atoms. The van der Waals surface area contributed by atoms with Gasteiger partial charge in [0.25, 0.3) is 0 Å². The number of aliphatic hydroxyl groups excluding tert-OH is 1. The van der Waals surface area contributed by atoms with Crippen LogP contribution in [0.2, 0.25) is 0 Å². The lowest BCUT2D eigenvalue weighted by Crippen LogP contribution is -2.44. The van der Waals surface area contributed by atoms with Crippen LogP contribution >= 0.6 is 0 Å². The molecule has 1 aliphatic heterocycles. The van der Waals surface area contributed by atoms with Crippen molar-refractivity contribution in [2.24, 2.45) is 0 Å². The Morgan fingerprint density at radius 3 is 2.82 bits per heavy atom. The average molecular weight is 232 g/mol. The average Bonchev–Trinajstić information content (AvgIpc) is 3.14. The van der Waals surface area contributed by atoms with E-state index in [1.54, 1.807) is 4.90 Å². The van der Waals surface area contributed by atoms with E-state index in [0.29, 0.717) is 19.0 Å². The molecule has 1 heterocycles. The van der Waals surface area contributed by atoms with Crippen molar-refractivity contribution in [1.82, 2.24) is 5.32 Å². The number of aliphatic hydroxyl groups is 1. The molecule has 3 rings (SSSR count). The Hall–Kier alpha value is -1.55. The van der Waals surface area contributed by atoms with Crippen molar-refractivity contribution >= 4 is 11.7 Å². The zero-order valence-corrected chi connectivity index (χ0v) is 9.60. The summed E-state index contributed by atoms with van der Waals surface area (Å²) < 4.78 is 0. The second kappa shape index (κ2) is 4.04. The van der Waals surface area contributed by atoms with Crippen LogP contribution < -0.4 is 10.2 Å². The summed E-state index contributed by atoms with van der Waals surface area (Å²) in [7, 11) is 0. The van der Waals surface area contributed by atoms with E-state index in [9.17, 15) is 9.90 Å². The minimum absolute atomic E-state index is 0.0353. The van der Waals surface area contributed by atoms with Gasteiger partial charge in [-0.1, -0.05) is 18.2 Å². The van der Waals surface area contributed by atoms with E-state index in [4.69, 9.17) is 0 Å². The molecule has 0 radical (unpaired) electrons. The molecule has 2 aliphatic rings. The Morgan fingerprint density at radius 2 is 2.06 bits per heavy atom. The van der Waals surface area contributed by atoms with Crippen LogP contribution in [0.1, 0.15) is 30.9 Å². The number of nitrogens with one attached hydrogen (secondary N) is 1. The highest BCUT2D eigenvalue weighted by molar-refractivity contribution is 5.93. The lowest BCUT2D eigenvalue weighted by molar-refractivity contribution is 0.164. The summed E-state index contributed by atoms with van der Waals surface area (Å²) in [6, 6.07) is 7.90. The second-order valence-corrected chi connectivity index (χ2v) is 4.74. The molecule has 1 saturated carbocycles. The van der Waals surface area contributed by atoms with Crippen molar-refractivity contribution < 1.29 is 9.90 Å². The maximum atomic E-state index is 12.1. The maximum Gasteiger partial charge on any atom is 0.322 e. The Balaban J connectivity index is 1.86. The van der Waals surface area contributed by atoms with Gasteiger partial charge < -0.3 is 10.4 Å². The van der Waals surface area contributed by atoms with Gasteiger partial charge in [0.05, 0.1) is 11.8 Å². The third-order valence-electron chi connectivity index (χ3n) is 3.36. The van der Waals surface area contributed by atoms with Crippen LogP contribution in [0, 0.1) is 0 Å². The Kier molecular flexibility index (Phi) is 2.52. The highest BCUT2D eigenvalue weighted by Crippen LogP contribution is 2.33. The molecule has 90 valence electrons. The summed E-state index contributed by atoms with van der Waals surface area (Å²) in [5.74, 6) is 0. The summed E-state index contributed by atoms with van der Waals surface area (Å²) in [6.07, 6.45) is 2.33. The van der Waals surface area contributed by atoms with Crippen LogP contribution in [-0.2, 0) is 0 Å². The lowest BCUT2D eigenvalue weighted by Gasteiger charge is -2.32. The highest BCUT2D eigenvalue weighted by Gasteiger charge is 2.30. The van der Waals surface area contributed by atoms with Gasteiger partial charge in [-0.3, -0.25) is 4.90 Å². The fourth-order valence-corrected chi connectivity index (χ4v) is 2.23. The number of carbonyl (C=O) groups excluding carboxylic acids is 1. The van der Waals surface area contributed by atoms with E-state index in [1.807, 2.05) is 24.3 Å². The molecule has 1 unspecified atom stereocenters. The minimum atomic E-state index is -0.448. The van der Waals surface area contributed by atoms with E-state index in [-0.39, 0.29) is 6.03 Å². The van der Waals surface area contributed by atoms with Crippen LogP contribution in [0.3, 0.4) is 0 Å². The number of urea groups is 1. The van der Waals surface area contributed by atoms with Gasteiger partial charge in [0, 0.05) is 18.2 Å². The van der Waals surface area contributed by atoms with Crippen LogP contribution in [0.15, 0.2) is 24.3 Å². The van der Waals surface area contributed by atoms with Crippen molar-refractivity contribution in [1.29, 1.82) is 0 Å². The van der Waals surface area contributed by atoms with Crippen LogP contribution in [-0.4, -0.2) is 23.7 Å². The van der Waals surface area contributed by atoms with Crippen molar-refractivity contribution in [3.8, 4) is 0 Å². The van der Waals surface area contributed by atoms with Crippen LogP contribution in [0.4, 0.5) is 10.5 Å². The number of carbonyl (C=O) groups is 1. The molecule has 4 nitrogen and oxygen atoms in total. The van der Waals surface area contributed by atoms with Crippen molar-refractivity contribution in [3.05, 3.63) is 29.8 Å². The first-order valence-electron chi connectivity index (χ1n) is 6.11. The fraction of sp³-hybridized carbons (Fsp3) is 0.462. The standard InChI is InChI=1S/C13H16N2O2/c16-12-7-8-15(13(17)14-9-5-6-9)11-4-2-1-3-10(11)12/h1-4,9,12,16H,5-8H2,(H,14,17). The molecule has 1 aliphatic carbocycles. The monoisotopic (exact) mass is 232 g/mol. The molecule has 0 spiro atoms. The van der Waals surface area contributed by atoms with Crippen molar-refractivity contribution in [2.75, 3.05) is 11.4 Å². The van der Waals surface area contributed by atoms with Gasteiger partial charge in [-0.15, -0.1) is 0 Å². The normalized spacial score (nSPS) is 23.1. The van der Waals surface area contributed by atoms with Gasteiger partial charge in [-0.25, -0.2) is 4.79 Å². The fourth-order valence-electron chi connectivity index (χ4n) is 2.23. The van der Waals surface area contributed by atoms with Gasteiger partial charge in [-0.05, 0) is 25.3 Å². The smallest absolute Gasteiger partial charge is 0.322 e. The number of anilines is 1. The Bertz CT molecular complexity index is 443. The molecular formula is C13H16N2O2. The molecule has 1 aromatic carbocycles. The lowest BCUT2D eigenvalue weighted by atomic mass is 9.99. The maximum absolute atomic E-state index is 12.1. The number of rotatable bonds is 1. The summed E-state index contributed by atoms with van der Waals surface area (Å²) >= 11 is 0. The summed E-state index contributed by atoms with van der Waals surface area (Å²) in [5.41, 5.74) is 1.69. The van der Waals surface area contributed by atoms with Gasteiger partial charge in [0.1, 0.15) is 0 Å². The second-order valence-electron chi connectivity index (χ2n) is 4.74. The van der Waals surface area contributed by atoms with E-state index < -0.39 is 6.10 Å². The molecule has 17 heavy (non-hydrogen) atoms. The van der Waals surface area contributed by atoms with Crippen molar-refractivity contribution in [2.45, 2.75) is 31.4 Å². The molecule has 1 atom stereocenters. The third-order valence-corrected chi connectivity index (χ3v) is 3.36. The first-order valence-corrected chi connectivity index (χ1v) is 6.11. The Labute approximate surface area is 100 Å². The third kappa shape index (κ3) is 2.00. The quantitative estimate of drug-likeness (QED) is 0.775. The number of nitrogens with zero attached hydrogens (tertiary/aromatic N) is 1. The molecular weight excluding hydrogens is 216 g/mol. The number of para-hydroxylation sites is 1. The zero-order valence-electron chi connectivity index (χ0n) is 9.60. The van der Waals surface area contributed by atoms with E-state index in [2.05, 4.69) is 5.32 Å². The summed E-state index contributed by atoms with van der Waals surface area (Å²) in [5, 5.41) is 12.9. The molecule has 0 saturated heterocycles. The Morgan fingerprint density at radius 1 is 1.29 bits per heavy atom. The number of fused-ring (bicyclic) bond motifs is 1. The molecule has 4 heteroatoms. The van der Waals surface area contributed by atoms with Crippen molar-refractivity contribution in [3.63, 3.8) is 0 Å². The summed E-state index contributed by atoms with van der Waals surface area (Å²) in [6.45, 7) is 0.580. The van der Waals surface area contributed by atoms with E-state index >= 15 is 0 Å². The SMILES string of the molecule is O=C(NC1CC1)N1CCC(O)c2ccccc21. The van der Waals surface area contributed by atoms with E-state index in [0.717, 1.165) is 24.1 Å². The predicted molar refractivity (Wildman–Crippen MR) is 64.9 cm³/mol. The van der Waals surface area contributed by atoms with Gasteiger partial charge in [-0.2, -0.15) is 0 Å². The minimum Gasteiger partial charge on any atom is -0.388 e. The van der Waals surface area contributed by atoms with Gasteiger partial charge in [0.2, 0.25) is 0 Å². The van der Waals surface area contributed by atoms with Crippen LogP contribution in [0.25, 0.3) is 0 Å². The number of hydrogen-bond acceptors (Lipinski definition) is 2. The largest absolute Gasteiger partial charge is 0.388 e. The van der Waals surface area contributed by atoms with E-state index in [1.165, 1.54) is 0 Å². The topological polar surface area (TPSA) is 52.6 Å². The molecule has 0 aromatic heterocycles. The zero-order chi connectivity index (χ0) is 11.8. The summed E-state index contributed by atoms with van der Waals surface area (Å²) in [4.78, 5) is 13.8. The predicted octanol–water partition coefficient (Wildman–Crippen LogP) is 1.80. The van der Waals surface area contributed by atoms with Gasteiger partial charge >= 0.3 is 6.03 Å². The molecule has 1 fully saturated rings. The first kappa shape index (κ1) is 10.6. The molecule has 2 N–H and O–H groups in total. The molecule has 2 amide bonds. The van der Waals surface area contributed by atoms with Crippen LogP contribution in [0.5, 0.6) is 0 Å². The van der Waals surface area contributed by atoms with Gasteiger partial charge in [0.15, 0.2) is 0 Å². The molecule has 1 aromatic rings. The number of amides is 2. The highest BCUT2D eigenvalue weighted by atomic mass is 16.3. The first-order chi connectivity index (χ1) is 8.25. The number of benzene rings is 1.